The quantitative estimate of drug-likeness (QED) is 0.634. The molecule has 1 nitrogen and oxygen atoms in total. The molecule has 0 N–H and O–H groups in total. The molecule has 1 fully saturated rings. The minimum Gasteiger partial charge on any atom is -0.264 e. The van der Waals surface area contributed by atoms with Crippen LogP contribution in [-0.4, -0.2) is 6.21 Å². The highest BCUT2D eigenvalue weighted by atomic mass is 32.2. The Kier molecular flexibility index (Phi) is 4.52. The van der Waals surface area contributed by atoms with E-state index in [-0.39, 0.29) is 0 Å². The van der Waals surface area contributed by atoms with Crippen molar-refractivity contribution in [1.29, 1.82) is 0 Å². The standard InChI is InChI=1S/C13H19NS/c1-2-4-7-12(8-5-3-1)13-11-14-9-6-10-15-13/h6,9-12H,1-5,7-8H2. The predicted octanol–water partition coefficient (Wildman–Crippen LogP) is 4.52. The van der Waals surface area contributed by atoms with E-state index in [1.54, 1.807) is 0 Å². The molecule has 0 saturated heterocycles. The molecule has 0 atom stereocenters. The van der Waals surface area contributed by atoms with Crippen LogP contribution in [0.15, 0.2) is 27.6 Å². The zero-order chi connectivity index (χ0) is 10.3. The first-order chi connectivity index (χ1) is 7.47. The van der Waals surface area contributed by atoms with Crippen LogP contribution in [0.25, 0.3) is 0 Å². The Hall–Kier alpha value is -0.500. The Bertz CT molecular complexity index is 270. The molecule has 0 unspecified atom stereocenters. The van der Waals surface area contributed by atoms with Crippen molar-refractivity contribution in [3.05, 3.63) is 22.6 Å². The maximum absolute atomic E-state index is 4.29. The van der Waals surface area contributed by atoms with Gasteiger partial charge in [-0.15, -0.1) is 11.8 Å². The third kappa shape index (κ3) is 3.53. The summed E-state index contributed by atoms with van der Waals surface area (Å²) in [4.78, 5) is 5.76. The summed E-state index contributed by atoms with van der Waals surface area (Å²) in [5.74, 6) is 0.773. The molecule has 0 aromatic rings. The van der Waals surface area contributed by atoms with Crippen molar-refractivity contribution >= 4 is 18.0 Å². The van der Waals surface area contributed by atoms with Gasteiger partial charge in [-0.25, -0.2) is 0 Å². The summed E-state index contributed by atoms with van der Waals surface area (Å²) in [6.07, 6.45) is 15.8. The van der Waals surface area contributed by atoms with Crippen molar-refractivity contribution in [3.63, 3.8) is 0 Å². The molecule has 2 heteroatoms. The minimum absolute atomic E-state index is 0.773. The topological polar surface area (TPSA) is 12.4 Å². The maximum Gasteiger partial charge on any atom is 0.0369 e. The lowest BCUT2D eigenvalue weighted by atomic mass is 9.91. The van der Waals surface area contributed by atoms with Gasteiger partial charge in [0.15, 0.2) is 0 Å². The summed E-state index contributed by atoms with van der Waals surface area (Å²) in [7, 11) is 0. The van der Waals surface area contributed by atoms with E-state index in [0.29, 0.717) is 0 Å². The summed E-state index contributed by atoms with van der Waals surface area (Å²) in [5.41, 5.74) is 0. The summed E-state index contributed by atoms with van der Waals surface area (Å²) >= 11 is 1.86. The second kappa shape index (κ2) is 6.16. The van der Waals surface area contributed by atoms with E-state index in [4.69, 9.17) is 0 Å². The first-order valence-corrected chi connectivity index (χ1v) is 6.90. The molecular weight excluding hydrogens is 202 g/mol. The Balaban J connectivity index is 1.97. The van der Waals surface area contributed by atoms with Crippen molar-refractivity contribution in [2.75, 3.05) is 0 Å². The number of aliphatic imine (C=N–C) groups is 1. The third-order valence-electron chi connectivity index (χ3n) is 3.16. The Morgan fingerprint density at radius 2 is 1.80 bits per heavy atom. The lowest BCUT2D eigenvalue weighted by molar-refractivity contribution is 0.430. The lowest BCUT2D eigenvalue weighted by Gasteiger charge is -2.20. The molecule has 1 heterocycles. The summed E-state index contributed by atoms with van der Waals surface area (Å²) in [6, 6.07) is 0. The van der Waals surface area contributed by atoms with Gasteiger partial charge in [0, 0.05) is 17.3 Å². The van der Waals surface area contributed by atoms with E-state index in [0.717, 1.165) is 5.92 Å². The van der Waals surface area contributed by atoms with Crippen LogP contribution < -0.4 is 0 Å². The van der Waals surface area contributed by atoms with Gasteiger partial charge in [0.2, 0.25) is 0 Å². The zero-order valence-electron chi connectivity index (χ0n) is 9.19. The zero-order valence-corrected chi connectivity index (χ0v) is 10.0. The van der Waals surface area contributed by atoms with Crippen molar-refractivity contribution < 1.29 is 0 Å². The van der Waals surface area contributed by atoms with Gasteiger partial charge in [-0.1, -0.05) is 32.1 Å². The van der Waals surface area contributed by atoms with Gasteiger partial charge in [0.1, 0.15) is 0 Å². The first kappa shape index (κ1) is 11.0. The van der Waals surface area contributed by atoms with Crippen LogP contribution in [0.5, 0.6) is 0 Å². The van der Waals surface area contributed by atoms with Gasteiger partial charge in [0.05, 0.1) is 0 Å². The third-order valence-corrected chi connectivity index (χ3v) is 4.17. The van der Waals surface area contributed by atoms with Gasteiger partial charge in [-0.2, -0.15) is 0 Å². The van der Waals surface area contributed by atoms with Gasteiger partial charge < -0.3 is 0 Å². The first-order valence-electron chi connectivity index (χ1n) is 6.02. The fraction of sp³-hybridized carbons (Fsp3) is 0.615. The normalized spacial score (nSPS) is 24.1. The van der Waals surface area contributed by atoms with Crippen LogP contribution in [0.3, 0.4) is 0 Å². The molecule has 15 heavy (non-hydrogen) atoms. The highest BCUT2D eigenvalue weighted by molar-refractivity contribution is 8.05. The van der Waals surface area contributed by atoms with E-state index in [1.807, 2.05) is 24.1 Å². The van der Waals surface area contributed by atoms with E-state index >= 15 is 0 Å². The number of rotatable bonds is 1. The number of allylic oxidation sites excluding steroid dienone is 2. The summed E-state index contributed by atoms with van der Waals surface area (Å²) < 4.78 is 0. The van der Waals surface area contributed by atoms with Crippen LogP contribution in [0.1, 0.15) is 44.9 Å². The van der Waals surface area contributed by atoms with Crippen molar-refractivity contribution in [2.24, 2.45) is 10.9 Å². The molecule has 82 valence electrons. The number of nitrogens with zero attached hydrogens (tertiary/aromatic N) is 1. The van der Waals surface area contributed by atoms with Crippen LogP contribution in [0.4, 0.5) is 0 Å². The van der Waals surface area contributed by atoms with Crippen molar-refractivity contribution in [2.45, 2.75) is 44.9 Å². The van der Waals surface area contributed by atoms with Crippen LogP contribution >= 0.6 is 11.8 Å². The van der Waals surface area contributed by atoms with E-state index < -0.39 is 0 Å². The Morgan fingerprint density at radius 3 is 2.60 bits per heavy atom. The molecule has 0 aromatic heterocycles. The molecule has 0 aromatic carbocycles. The number of hydrogen-bond acceptors (Lipinski definition) is 2. The minimum atomic E-state index is 0.773. The highest BCUT2D eigenvalue weighted by Gasteiger charge is 2.16. The Labute approximate surface area is 96.7 Å². The van der Waals surface area contributed by atoms with Crippen LogP contribution in [-0.2, 0) is 0 Å². The van der Waals surface area contributed by atoms with E-state index in [9.17, 15) is 0 Å². The molecule has 0 amide bonds. The molecule has 0 bridgehead atoms. The number of thioether (sulfide) groups is 1. The summed E-state index contributed by atoms with van der Waals surface area (Å²) in [6.45, 7) is 0. The van der Waals surface area contributed by atoms with E-state index in [1.165, 1.54) is 49.9 Å². The molecule has 0 spiro atoms. The van der Waals surface area contributed by atoms with Crippen LogP contribution in [0.2, 0.25) is 0 Å². The fourth-order valence-electron chi connectivity index (χ4n) is 2.29. The molecule has 1 aliphatic carbocycles. The fourth-order valence-corrected chi connectivity index (χ4v) is 3.15. The van der Waals surface area contributed by atoms with Gasteiger partial charge >= 0.3 is 0 Å². The van der Waals surface area contributed by atoms with Gasteiger partial charge in [0.25, 0.3) is 0 Å². The predicted molar refractivity (Wildman–Crippen MR) is 69.1 cm³/mol. The van der Waals surface area contributed by atoms with Crippen LogP contribution in [0, 0.1) is 5.92 Å². The smallest absolute Gasteiger partial charge is 0.0369 e. The molecule has 1 saturated carbocycles. The molecule has 2 rings (SSSR count). The van der Waals surface area contributed by atoms with Gasteiger partial charge in [-0.3, -0.25) is 4.99 Å². The van der Waals surface area contributed by atoms with Crippen molar-refractivity contribution in [3.8, 4) is 0 Å². The van der Waals surface area contributed by atoms with Gasteiger partial charge in [-0.05, 0) is 30.2 Å². The van der Waals surface area contributed by atoms with Crippen molar-refractivity contribution in [1.82, 2.24) is 0 Å². The molecule has 1 aliphatic heterocycles. The monoisotopic (exact) mass is 221 g/mol. The largest absolute Gasteiger partial charge is 0.264 e. The molecule has 0 radical (unpaired) electrons. The maximum atomic E-state index is 4.29. The Morgan fingerprint density at radius 1 is 1.07 bits per heavy atom. The average molecular weight is 221 g/mol. The highest BCUT2D eigenvalue weighted by Crippen LogP contribution is 2.35. The SMILES string of the molecule is C1=CSC(C2CCCCCCC2)=CN=C1. The second-order valence-corrected chi connectivity index (χ2v) is 5.30. The van der Waals surface area contributed by atoms with E-state index in [2.05, 4.69) is 16.6 Å². The average Bonchev–Trinajstić information content (AvgIpc) is 2.45. The molecular formula is C13H19NS. The second-order valence-electron chi connectivity index (χ2n) is 4.32. The number of hydrogen-bond donors (Lipinski definition) is 0. The molecule has 2 aliphatic rings. The lowest BCUT2D eigenvalue weighted by Crippen LogP contribution is -2.04. The summed E-state index contributed by atoms with van der Waals surface area (Å²) in [5, 5.41) is 2.15.